The van der Waals surface area contributed by atoms with Crippen LogP contribution in [-0.4, -0.2) is 41.7 Å². The van der Waals surface area contributed by atoms with E-state index in [9.17, 15) is 14.3 Å². The quantitative estimate of drug-likeness (QED) is 0.901. The van der Waals surface area contributed by atoms with Crippen molar-refractivity contribution in [2.75, 3.05) is 19.7 Å². The number of aliphatic hydroxyl groups is 1. The molecule has 1 aromatic rings. The average Bonchev–Trinajstić information content (AvgIpc) is 2.41. The molecule has 19 heavy (non-hydrogen) atoms. The lowest BCUT2D eigenvalue weighted by Crippen LogP contribution is -2.42. The van der Waals surface area contributed by atoms with Crippen LogP contribution in [-0.2, 0) is 4.79 Å². The van der Waals surface area contributed by atoms with Gasteiger partial charge in [0.2, 0.25) is 5.91 Å². The average molecular weight is 267 g/mol. The summed E-state index contributed by atoms with van der Waals surface area (Å²) in [6.45, 7) is 1.37. The lowest BCUT2D eigenvalue weighted by atomic mass is 10.1. The summed E-state index contributed by atoms with van der Waals surface area (Å²) in [5, 5.41) is 9.50. The summed E-state index contributed by atoms with van der Waals surface area (Å²) in [5.41, 5.74) is 0. The Morgan fingerprint density at radius 1 is 1.42 bits per heavy atom. The van der Waals surface area contributed by atoms with Gasteiger partial charge in [0.15, 0.2) is 0 Å². The number of likely N-dealkylation sites (tertiary alicyclic amines) is 1. The van der Waals surface area contributed by atoms with E-state index in [0.29, 0.717) is 18.8 Å². The van der Waals surface area contributed by atoms with E-state index in [1.54, 1.807) is 4.90 Å². The highest BCUT2D eigenvalue weighted by Crippen LogP contribution is 2.13. The van der Waals surface area contributed by atoms with Gasteiger partial charge in [0, 0.05) is 13.1 Å². The van der Waals surface area contributed by atoms with E-state index in [2.05, 4.69) is 0 Å². The fourth-order valence-corrected chi connectivity index (χ4v) is 2.13. The van der Waals surface area contributed by atoms with Crippen molar-refractivity contribution in [1.29, 1.82) is 0 Å². The van der Waals surface area contributed by atoms with Crippen LogP contribution in [0, 0.1) is 5.82 Å². The van der Waals surface area contributed by atoms with Crippen LogP contribution in [0.25, 0.3) is 0 Å². The smallest absolute Gasteiger partial charge is 0.226 e. The van der Waals surface area contributed by atoms with Crippen LogP contribution in [0.15, 0.2) is 24.3 Å². The van der Waals surface area contributed by atoms with Gasteiger partial charge in [0.05, 0.1) is 19.1 Å². The SMILES string of the molecule is O=C(CCOc1ccc(F)cc1)N1CCC[C@H](O)C1. The van der Waals surface area contributed by atoms with Gasteiger partial charge in [-0.2, -0.15) is 0 Å². The molecule has 104 valence electrons. The lowest BCUT2D eigenvalue weighted by molar-refractivity contribution is -0.134. The second-order valence-electron chi connectivity index (χ2n) is 4.69. The zero-order chi connectivity index (χ0) is 13.7. The van der Waals surface area contributed by atoms with Gasteiger partial charge >= 0.3 is 0 Å². The molecule has 4 nitrogen and oxygen atoms in total. The van der Waals surface area contributed by atoms with E-state index >= 15 is 0 Å². The molecule has 1 heterocycles. The Bertz CT molecular complexity index is 421. The summed E-state index contributed by atoms with van der Waals surface area (Å²) >= 11 is 0. The molecule has 0 unspecified atom stereocenters. The normalized spacial score (nSPS) is 19.3. The van der Waals surface area contributed by atoms with Crippen LogP contribution in [0.2, 0.25) is 0 Å². The monoisotopic (exact) mass is 267 g/mol. The second-order valence-corrected chi connectivity index (χ2v) is 4.69. The molecule has 1 atom stereocenters. The number of β-amino-alcohol motifs (C(OH)–C–C–N with tert-alkyl or cyclic N) is 1. The minimum atomic E-state index is -0.407. The number of hydrogen-bond acceptors (Lipinski definition) is 3. The van der Waals surface area contributed by atoms with Crippen LogP contribution < -0.4 is 4.74 Å². The number of hydrogen-bond donors (Lipinski definition) is 1. The van der Waals surface area contributed by atoms with E-state index in [1.165, 1.54) is 24.3 Å². The van der Waals surface area contributed by atoms with Gasteiger partial charge < -0.3 is 14.7 Å². The third kappa shape index (κ3) is 4.21. The van der Waals surface area contributed by atoms with Crippen molar-refractivity contribution >= 4 is 5.91 Å². The van der Waals surface area contributed by atoms with Crippen LogP contribution in [0.4, 0.5) is 4.39 Å². The summed E-state index contributed by atoms with van der Waals surface area (Å²) in [7, 11) is 0. The van der Waals surface area contributed by atoms with Crippen LogP contribution in [0.1, 0.15) is 19.3 Å². The van der Waals surface area contributed by atoms with Gasteiger partial charge in [-0.05, 0) is 37.1 Å². The molecule has 0 aromatic heterocycles. The van der Waals surface area contributed by atoms with Crippen molar-refractivity contribution in [1.82, 2.24) is 4.90 Å². The first-order valence-corrected chi connectivity index (χ1v) is 6.49. The fraction of sp³-hybridized carbons (Fsp3) is 0.500. The minimum Gasteiger partial charge on any atom is -0.493 e. The third-order valence-corrected chi connectivity index (χ3v) is 3.15. The van der Waals surface area contributed by atoms with Gasteiger partial charge in [0.25, 0.3) is 0 Å². The van der Waals surface area contributed by atoms with Gasteiger partial charge in [0.1, 0.15) is 11.6 Å². The predicted octanol–water partition coefficient (Wildman–Crippen LogP) is 1.58. The predicted molar refractivity (Wildman–Crippen MR) is 68.3 cm³/mol. The van der Waals surface area contributed by atoms with E-state index in [-0.39, 0.29) is 24.8 Å². The molecule has 0 saturated carbocycles. The molecular weight excluding hydrogens is 249 g/mol. The number of piperidine rings is 1. The van der Waals surface area contributed by atoms with E-state index in [4.69, 9.17) is 4.74 Å². The highest BCUT2D eigenvalue weighted by molar-refractivity contribution is 5.76. The standard InChI is InChI=1S/C14H18FNO3/c15-11-3-5-13(6-4-11)19-9-7-14(18)16-8-1-2-12(17)10-16/h3-6,12,17H,1-2,7-10H2/t12-/m0/s1. The molecule has 0 spiro atoms. The van der Waals surface area contributed by atoms with Crippen LogP contribution in [0.3, 0.4) is 0 Å². The molecule has 0 bridgehead atoms. The zero-order valence-corrected chi connectivity index (χ0v) is 10.7. The molecule has 1 aliphatic rings. The first kappa shape index (κ1) is 13.8. The molecule has 0 radical (unpaired) electrons. The molecule has 1 aromatic carbocycles. The lowest BCUT2D eigenvalue weighted by Gasteiger charge is -2.30. The van der Waals surface area contributed by atoms with Gasteiger partial charge in [-0.15, -0.1) is 0 Å². The van der Waals surface area contributed by atoms with Gasteiger partial charge in [-0.3, -0.25) is 4.79 Å². The Labute approximate surface area is 111 Å². The molecule has 0 aliphatic carbocycles. The fourth-order valence-electron chi connectivity index (χ4n) is 2.13. The number of halogens is 1. The zero-order valence-electron chi connectivity index (χ0n) is 10.7. The number of carbonyl (C=O) groups excluding carboxylic acids is 1. The number of benzene rings is 1. The van der Waals surface area contributed by atoms with Crippen molar-refractivity contribution in [3.05, 3.63) is 30.1 Å². The van der Waals surface area contributed by atoms with E-state index in [1.807, 2.05) is 0 Å². The molecular formula is C14H18FNO3. The van der Waals surface area contributed by atoms with Gasteiger partial charge in [-0.25, -0.2) is 4.39 Å². The molecule has 2 rings (SSSR count). The molecule has 1 saturated heterocycles. The summed E-state index contributed by atoms with van der Waals surface area (Å²) in [4.78, 5) is 13.5. The first-order chi connectivity index (χ1) is 9.15. The second kappa shape index (κ2) is 6.52. The summed E-state index contributed by atoms with van der Waals surface area (Å²) in [6, 6.07) is 5.70. The Hall–Kier alpha value is -1.62. The minimum absolute atomic E-state index is 0.0131. The van der Waals surface area contributed by atoms with Crippen LogP contribution in [0.5, 0.6) is 5.75 Å². The van der Waals surface area contributed by atoms with Crippen LogP contribution >= 0.6 is 0 Å². The Morgan fingerprint density at radius 3 is 2.84 bits per heavy atom. The summed E-state index contributed by atoms with van der Waals surface area (Å²) in [5.74, 6) is 0.222. The first-order valence-electron chi connectivity index (χ1n) is 6.49. The maximum atomic E-state index is 12.7. The van der Waals surface area contributed by atoms with E-state index in [0.717, 1.165) is 12.8 Å². The van der Waals surface area contributed by atoms with Crippen molar-refractivity contribution < 1.29 is 19.0 Å². The summed E-state index contributed by atoms with van der Waals surface area (Å²) in [6.07, 6.45) is 1.46. The van der Waals surface area contributed by atoms with Crippen molar-refractivity contribution in [3.8, 4) is 5.75 Å². The number of carbonyl (C=O) groups is 1. The van der Waals surface area contributed by atoms with Crippen molar-refractivity contribution in [3.63, 3.8) is 0 Å². The highest BCUT2D eigenvalue weighted by atomic mass is 19.1. The Morgan fingerprint density at radius 2 is 2.16 bits per heavy atom. The summed E-state index contributed by atoms with van der Waals surface area (Å²) < 4.78 is 18.0. The number of nitrogens with zero attached hydrogens (tertiary/aromatic N) is 1. The Balaban J connectivity index is 1.73. The molecule has 1 fully saturated rings. The number of rotatable bonds is 4. The maximum Gasteiger partial charge on any atom is 0.226 e. The van der Waals surface area contributed by atoms with Crippen molar-refractivity contribution in [2.24, 2.45) is 0 Å². The molecule has 1 aliphatic heterocycles. The number of amides is 1. The molecule has 1 amide bonds. The topological polar surface area (TPSA) is 49.8 Å². The number of ether oxygens (including phenoxy) is 1. The molecule has 5 heteroatoms. The Kier molecular flexibility index (Phi) is 4.74. The number of aliphatic hydroxyl groups excluding tert-OH is 1. The highest BCUT2D eigenvalue weighted by Gasteiger charge is 2.21. The maximum absolute atomic E-state index is 12.7. The van der Waals surface area contributed by atoms with Crippen molar-refractivity contribution in [2.45, 2.75) is 25.4 Å². The van der Waals surface area contributed by atoms with Gasteiger partial charge in [-0.1, -0.05) is 0 Å². The largest absolute Gasteiger partial charge is 0.493 e. The third-order valence-electron chi connectivity index (χ3n) is 3.15. The molecule has 1 N–H and O–H groups in total. The van der Waals surface area contributed by atoms with E-state index < -0.39 is 6.10 Å².